The summed E-state index contributed by atoms with van der Waals surface area (Å²) in [7, 11) is 0. The molecule has 0 radical (unpaired) electrons. The molecule has 3 aromatic heterocycles. The second-order valence-corrected chi connectivity index (χ2v) is 6.49. The second-order valence-electron chi connectivity index (χ2n) is 6.49. The summed E-state index contributed by atoms with van der Waals surface area (Å²) >= 11 is 0. The second kappa shape index (κ2) is 6.13. The van der Waals surface area contributed by atoms with Crippen LogP contribution in [0.25, 0.3) is 5.52 Å². The van der Waals surface area contributed by atoms with Gasteiger partial charge >= 0.3 is 0 Å². The minimum absolute atomic E-state index is 0.653. The van der Waals surface area contributed by atoms with E-state index in [1.807, 2.05) is 23.7 Å². The van der Waals surface area contributed by atoms with Crippen LogP contribution in [0.1, 0.15) is 35.7 Å². The number of hydrogen-bond donors (Lipinski definition) is 0. The van der Waals surface area contributed by atoms with E-state index in [0.717, 1.165) is 31.0 Å². The maximum Gasteiger partial charge on any atom is 0.0775 e. The average molecular weight is 306 g/mol. The van der Waals surface area contributed by atoms with Gasteiger partial charge in [-0.15, -0.1) is 0 Å². The fourth-order valence-corrected chi connectivity index (χ4v) is 3.44. The Bertz CT molecular complexity index is 749. The number of hydrogen-bond acceptors (Lipinski definition) is 3. The largest absolute Gasteiger partial charge is 0.297 e. The van der Waals surface area contributed by atoms with Crippen molar-refractivity contribution in [2.45, 2.75) is 32.2 Å². The molecular weight excluding hydrogens is 284 g/mol. The molecule has 118 valence electrons. The van der Waals surface area contributed by atoms with Crippen LogP contribution in [0.3, 0.4) is 0 Å². The molecule has 0 aromatic carbocycles. The van der Waals surface area contributed by atoms with Crippen LogP contribution in [0.2, 0.25) is 0 Å². The van der Waals surface area contributed by atoms with Gasteiger partial charge in [0.1, 0.15) is 0 Å². The Labute approximate surface area is 136 Å². The highest BCUT2D eigenvalue weighted by Crippen LogP contribution is 2.28. The van der Waals surface area contributed by atoms with Crippen molar-refractivity contribution in [3.05, 3.63) is 65.7 Å². The molecule has 3 aromatic rings. The van der Waals surface area contributed by atoms with Crippen LogP contribution in [-0.2, 0) is 6.54 Å². The molecule has 23 heavy (non-hydrogen) atoms. The van der Waals surface area contributed by atoms with E-state index in [-0.39, 0.29) is 0 Å². The quantitative estimate of drug-likeness (QED) is 0.743. The summed E-state index contributed by atoms with van der Waals surface area (Å²) in [5, 5.41) is 4.66. The van der Waals surface area contributed by atoms with Crippen LogP contribution in [0, 0.1) is 6.92 Å². The molecule has 0 spiro atoms. The monoisotopic (exact) mass is 306 g/mol. The lowest BCUT2D eigenvalue weighted by molar-refractivity contribution is 0.202. The fourth-order valence-electron chi connectivity index (χ4n) is 3.44. The summed E-state index contributed by atoms with van der Waals surface area (Å²) in [4.78, 5) is 6.95. The van der Waals surface area contributed by atoms with Crippen molar-refractivity contribution in [2.24, 2.45) is 0 Å². The minimum atomic E-state index is 0.653. The number of fused-ring (bicyclic) bond motifs is 1. The smallest absolute Gasteiger partial charge is 0.0775 e. The number of aryl methyl sites for hydroxylation is 1. The number of aromatic nitrogens is 3. The first-order valence-electron chi connectivity index (χ1n) is 8.36. The number of pyridine rings is 2. The lowest BCUT2D eigenvalue weighted by Gasteiger charge is -2.31. The van der Waals surface area contributed by atoms with Gasteiger partial charge in [0.25, 0.3) is 0 Å². The van der Waals surface area contributed by atoms with Gasteiger partial charge < -0.3 is 0 Å². The first-order valence-corrected chi connectivity index (χ1v) is 8.36. The van der Waals surface area contributed by atoms with Gasteiger partial charge in [0.15, 0.2) is 0 Å². The van der Waals surface area contributed by atoms with Gasteiger partial charge in [0.05, 0.1) is 11.2 Å². The van der Waals surface area contributed by atoms with Crippen molar-refractivity contribution < 1.29 is 0 Å². The Morgan fingerprint density at radius 3 is 2.74 bits per heavy atom. The molecule has 4 rings (SSSR count). The minimum Gasteiger partial charge on any atom is -0.297 e. The summed E-state index contributed by atoms with van der Waals surface area (Å²) in [6.45, 7) is 5.25. The molecule has 0 unspecified atom stereocenters. The van der Waals surface area contributed by atoms with E-state index in [9.17, 15) is 0 Å². The van der Waals surface area contributed by atoms with Gasteiger partial charge in [-0.1, -0.05) is 12.1 Å². The van der Waals surface area contributed by atoms with Gasteiger partial charge in [0.2, 0.25) is 0 Å². The highest BCUT2D eigenvalue weighted by molar-refractivity contribution is 5.46. The van der Waals surface area contributed by atoms with Crippen molar-refractivity contribution in [3.8, 4) is 0 Å². The van der Waals surface area contributed by atoms with E-state index in [4.69, 9.17) is 0 Å². The van der Waals surface area contributed by atoms with E-state index in [0.29, 0.717) is 5.92 Å². The van der Waals surface area contributed by atoms with Crippen molar-refractivity contribution in [2.75, 3.05) is 13.1 Å². The van der Waals surface area contributed by atoms with Gasteiger partial charge in [0, 0.05) is 24.6 Å². The Morgan fingerprint density at radius 1 is 1.13 bits per heavy atom. The van der Waals surface area contributed by atoms with Crippen molar-refractivity contribution in [3.63, 3.8) is 0 Å². The van der Waals surface area contributed by atoms with Gasteiger partial charge in [-0.3, -0.25) is 9.88 Å². The first-order chi connectivity index (χ1) is 11.3. The van der Waals surface area contributed by atoms with Crippen molar-refractivity contribution >= 4 is 5.52 Å². The van der Waals surface area contributed by atoms with Gasteiger partial charge in [-0.25, -0.2) is 4.52 Å². The molecular formula is C19H22N4. The van der Waals surface area contributed by atoms with Gasteiger partial charge in [-0.2, -0.15) is 5.10 Å². The molecule has 0 saturated carbocycles. The van der Waals surface area contributed by atoms with Gasteiger partial charge in [-0.05, 0) is 68.6 Å². The molecule has 0 atom stereocenters. The Kier molecular flexibility index (Phi) is 3.83. The zero-order chi connectivity index (χ0) is 15.6. The third-order valence-corrected chi connectivity index (χ3v) is 4.80. The topological polar surface area (TPSA) is 33.4 Å². The molecule has 4 heterocycles. The van der Waals surface area contributed by atoms with Crippen LogP contribution in [0.5, 0.6) is 0 Å². The van der Waals surface area contributed by atoms with E-state index in [2.05, 4.69) is 51.5 Å². The van der Waals surface area contributed by atoms with Crippen LogP contribution < -0.4 is 0 Å². The molecule has 1 aliphatic rings. The maximum absolute atomic E-state index is 4.66. The highest BCUT2D eigenvalue weighted by atomic mass is 15.2. The van der Waals surface area contributed by atoms with Crippen molar-refractivity contribution in [1.82, 2.24) is 19.5 Å². The lowest BCUT2D eigenvalue weighted by atomic mass is 9.90. The lowest BCUT2D eigenvalue weighted by Crippen LogP contribution is -2.32. The zero-order valence-electron chi connectivity index (χ0n) is 13.5. The molecule has 1 fully saturated rings. The van der Waals surface area contributed by atoms with Crippen LogP contribution in [0.15, 0.2) is 48.8 Å². The molecule has 1 saturated heterocycles. The summed E-state index contributed by atoms with van der Waals surface area (Å²) in [5.74, 6) is 0.653. The fraction of sp³-hybridized carbons (Fsp3) is 0.368. The molecule has 0 aliphatic carbocycles. The van der Waals surface area contributed by atoms with E-state index in [1.54, 1.807) is 0 Å². The summed E-state index contributed by atoms with van der Waals surface area (Å²) in [6.07, 6.45) is 6.48. The predicted octanol–water partition coefficient (Wildman–Crippen LogP) is 3.42. The predicted molar refractivity (Wildman–Crippen MR) is 91.4 cm³/mol. The van der Waals surface area contributed by atoms with Crippen LogP contribution in [0.4, 0.5) is 0 Å². The summed E-state index contributed by atoms with van der Waals surface area (Å²) in [5.41, 5.74) is 4.82. The third-order valence-electron chi connectivity index (χ3n) is 4.80. The first kappa shape index (κ1) is 14.4. The van der Waals surface area contributed by atoms with E-state index < -0.39 is 0 Å². The number of nitrogens with zero attached hydrogens (tertiary/aromatic N) is 4. The molecule has 1 aliphatic heterocycles. The highest BCUT2D eigenvalue weighted by Gasteiger charge is 2.21. The average Bonchev–Trinajstić information content (AvgIpc) is 2.98. The number of piperidine rings is 1. The molecule has 0 bridgehead atoms. The molecule has 4 nitrogen and oxygen atoms in total. The van der Waals surface area contributed by atoms with E-state index >= 15 is 0 Å². The Morgan fingerprint density at radius 2 is 2.00 bits per heavy atom. The summed E-state index contributed by atoms with van der Waals surface area (Å²) < 4.78 is 1.96. The Hall–Kier alpha value is -2.20. The molecule has 0 N–H and O–H groups in total. The third kappa shape index (κ3) is 3.13. The SMILES string of the molecule is Cc1ccc(C2CCN(Cc3cc4ccccn4n3)CC2)cn1. The zero-order valence-corrected chi connectivity index (χ0v) is 13.5. The Balaban J connectivity index is 1.38. The standard InChI is InChI=1S/C19H22N4/c1-15-5-6-17(13-20-15)16-7-10-22(11-8-16)14-18-12-19-4-2-3-9-23(19)21-18/h2-6,9,12-13,16H,7-8,10-11,14H2,1H3. The number of likely N-dealkylation sites (tertiary alicyclic amines) is 1. The molecule has 0 amide bonds. The van der Waals surface area contributed by atoms with Crippen LogP contribution >= 0.6 is 0 Å². The van der Waals surface area contributed by atoms with Crippen molar-refractivity contribution in [1.29, 1.82) is 0 Å². The molecule has 4 heteroatoms. The number of rotatable bonds is 3. The van der Waals surface area contributed by atoms with Crippen LogP contribution in [-0.4, -0.2) is 32.6 Å². The maximum atomic E-state index is 4.66. The van der Waals surface area contributed by atoms with E-state index in [1.165, 1.54) is 23.9 Å². The normalized spacial score (nSPS) is 16.9. The summed E-state index contributed by atoms with van der Waals surface area (Å²) in [6, 6.07) is 12.7.